The van der Waals surface area contributed by atoms with Crippen LogP contribution in [0.5, 0.6) is 0 Å². The molecule has 0 aromatic carbocycles. The van der Waals surface area contributed by atoms with Gasteiger partial charge in [-0.15, -0.1) is 0 Å². The molecular weight excluding hydrogens is 248 g/mol. The number of nitrogens with one attached hydrogen (secondary N) is 1. The molecule has 0 atom stereocenters. The maximum atomic E-state index is 11.4. The summed E-state index contributed by atoms with van der Waals surface area (Å²) in [4.78, 5) is 2.53. The number of likely N-dealkylation sites (tertiary alicyclic amines) is 1. The van der Waals surface area contributed by atoms with Crippen LogP contribution in [0.15, 0.2) is 0 Å². The second kappa shape index (κ2) is 6.35. The lowest BCUT2D eigenvalue weighted by Gasteiger charge is -2.39. The van der Waals surface area contributed by atoms with Crippen molar-refractivity contribution in [2.75, 3.05) is 38.2 Å². The van der Waals surface area contributed by atoms with E-state index in [9.17, 15) is 8.42 Å². The predicted molar refractivity (Wildman–Crippen MR) is 74.5 cm³/mol. The number of rotatable bonds is 4. The number of nitrogens with zero attached hydrogens (tertiary/aromatic N) is 1. The molecule has 2 fully saturated rings. The normalized spacial score (nSPS) is 27.4. The highest BCUT2D eigenvalue weighted by atomic mass is 32.2. The van der Waals surface area contributed by atoms with Crippen LogP contribution in [0, 0.1) is 5.92 Å². The van der Waals surface area contributed by atoms with Gasteiger partial charge in [-0.1, -0.05) is 0 Å². The monoisotopic (exact) mass is 274 g/mol. The Hall–Kier alpha value is -0.130. The topological polar surface area (TPSA) is 49.4 Å². The minimum atomic E-state index is -2.71. The molecule has 0 spiro atoms. The van der Waals surface area contributed by atoms with E-state index in [-0.39, 0.29) is 0 Å². The summed E-state index contributed by atoms with van der Waals surface area (Å²) in [7, 11) is -0.701. The van der Waals surface area contributed by atoms with Gasteiger partial charge in [-0.2, -0.15) is 0 Å². The molecule has 2 saturated heterocycles. The van der Waals surface area contributed by atoms with E-state index < -0.39 is 9.84 Å². The number of hydrogen-bond donors (Lipinski definition) is 1. The molecule has 4 nitrogen and oxygen atoms in total. The van der Waals surface area contributed by atoms with E-state index in [2.05, 4.69) is 10.2 Å². The van der Waals surface area contributed by atoms with Gasteiger partial charge >= 0.3 is 0 Å². The van der Waals surface area contributed by atoms with Crippen molar-refractivity contribution >= 4 is 9.84 Å². The zero-order valence-electron chi connectivity index (χ0n) is 11.4. The fourth-order valence-electron chi connectivity index (χ4n) is 3.20. The Bertz CT molecular complexity index is 334. The summed E-state index contributed by atoms with van der Waals surface area (Å²) in [5, 5.41) is 3.22. The SMILES string of the molecule is CNCCC1CCN(C2CCS(=O)(=O)CC2)CC1. The Morgan fingerprint density at radius 1 is 1.11 bits per heavy atom. The molecule has 0 aliphatic carbocycles. The summed E-state index contributed by atoms with van der Waals surface area (Å²) in [6, 6.07) is 0.527. The molecule has 0 aromatic rings. The van der Waals surface area contributed by atoms with E-state index in [0.717, 1.165) is 25.3 Å². The molecule has 5 heteroatoms. The highest BCUT2D eigenvalue weighted by Gasteiger charge is 2.30. The van der Waals surface area contributed by atoms with Crippen LogP contribution < -0.4 is 5.32 Å². The molecule has 0 unspecified atom stereocenters. The summed E-state index contributed by atoms with van der Waals surface area (Å²) in [5.41, 5.74) is 0. The zero-order valence-corrected chi connectivity index (χ0v) is 12.2. The lowest BCUT2D eigenvalue weighted by molar-refractivity contribution is 0.121. The first-order valence-corrected chi connectivity index (χ1v) is 9.02. The molecule has 1 N–H and O–H groups in total. The van der Waals surface area contributed by atoms with Crippen LogP contribution in [0.25, 0.3) is 0 Å². The summed E-state index contributed by atoms with van der Waals surface area (Å²) >= 11 is 0. The third-order valence-electron chi connectivity index (χ3n) is 4.49. The quantitative estimate of drug-likeness (QED) is 0.827. The second-order valence-corrected chi connectivity index (χ2v) is 8.06. The van der Waals surface area contributed by atoms with Crippen molar-refractivity contribution in [3.05, 3.63) is 0 Å². The molecule has 0 amide bonds. The molecule has 0 bridgehead atoms. The van der Waals surface area contributed by atoms with E-state index in [1.807, 2.05) is 7.05 Å². The smallest absolute Gasteiger partial charge is 0.150 e. The first kappa shape index (κ1) is 14.3. The van der Waals surface area contributed by atoms with Crippen molar-refractivity contribution in [2.45, 2.75) is 38.1 Å². The average Bonchev–Trinajstić information content (AvgIpc) is 2.37. The Labute approximate surface area is 111 Å². The highest BCUT2D eigenvalue weighted by molar-refractivity contribution is 7.91. The van der Waals surface area contributed by atoms with E-state index in [1.165, 1.54) is 32.4 Å². The van der Waals surface area contributed by atoms with Crippen LogP contribution >= 0.6 is 0 Å². The number of sulfone groups is 1. The van der Waals surface area contributed by atoms with Gasteiger partial charge in [0.25, 0.3) is 0 Å². The minimum Gasteiger partial charge on any atom is -0.320 e. The van der Waals surface area contributed by atoms with Crippen LogP contribution in [0.1, 0.15) is 32.1 Å². The summed E-state index contributed by atoms with van der Waals surface area (Å²) in [6.07, 6.45) is 5.55. The van der Waals surface area contributed by atoms with Gasteiger partial charge in [0.05, 0.1) is 11.5 Å². The van der Waals surface area contributed by atoms with E-state index in [4.69, 9.17) is 0 Å². The molecule has 18 heavy (non-hydrogen) atoms. The van der Waals surface area contributed by atoms with Crippen LogP contribution in [-0.2, 0) is 9.84 Å². The molecule has 0 saturated carbocycles. The Morgan fingerprint density at radius 3 is 2.28 bits per heavy atom. The predicted octanol–water partition coefficient (Wildman–Crippen LogP) is 0.885. The largest absolute Gasteiger partial charge is 0.320 e. The fourth-order valence-corrected chi connectivity index (χ4v) is 4.66. The lowest BCUT2D eigenvalue weighted by atomic mass is 9.92. The molecule has 2 aliphatic heterocycles. The maximum Gasteiger partial charge on any atom is 0.150 e. The van der Waals surface area contributed by atoms with Crippen molar-refractivity contribution < 1.29 is 8.42 Å². The summed E-state index contributed by atoms with van der Waals surface area (Å²) in [5.74, 6) is 1.66. The summed E-state index contributed by atoms with van der Waals surface area (Å²) < 4.78 is 22.8. The van der Waals surface area contributed by atoms with Crippen molar-refractivity contribution in [1.82, 2.24) is 10.2 Å². The Morgan fingerprint density at radius 2 is 1.72 bits per heavy atom. The van der Waals surface area contributed by atoms with Gasteiger partial charge in [0.1, 0.15) is 9.84 Å². The van der Waals surface area contributed by atoms with Crippen LogP contribution in [0.3, 0.4) is 0 Å². The van der Waals surface area contributed by atoms with Crippen molar-refractivity contribution in [3.8, 4) is 0 Å². The average molecular weight is 274 g/mol. The van der Waals surface area contributed by atoms with Crippen molar-refractivity contribution in [1.29, 1.82) is 0 Å². The van der Waals surface area contributed by atoms with Gasteiger partial charge in [0.15, 0.2) is 0 Å². The first-order chi connectivity index (χ1) is 8.61. The Kier molecular flexibility index (Phi) is 5.04. The second-order valence-electron chi connectivity index (χ2n) is 5.75. The molecule has 0 aromatic heterocycles. The molecule has 2 rings (SSSR count). The van der Waals surface area contributed by atoms with Gasteiger partial charge in [-0.3, -0.25) is 0 Å². The lowest BCUT2D eigenvalue weighted by Crippen LogP contribution is -2.45. The first-order valence-electron chi connectivity index (χ1n) is 7.20. The van der Waals surface area contributed by atoms with Crippen molar-refractivity contribution in [2.24, 2.45) is 5.92 Å². The van der Waals surface area contributed by atoms with Gasteiger partial charge in [0, 0.05) is 6.04 Å². The molecule has 0 radical (unpaired) electrons. The third-order valence-corrected chi connectivity index (χ3v) is 6.21. The molecule has 106 valence electrons. The van der Waals surface area contributed by atoms with Crippen LogP contribution in [0.4, 0.5) is 0 Å². The van der Waals surface area contributed by atoms with Gasteiger partial charge in [0.2, 0.25) is 0 Å². The molecule has 2 aliphatic rings. The van der Waals surface area contributed by atoms with Gasteiger partial charge < -0.3 is 10.2 Å². The van der Waals surface area contributed by atoms with Crippen LogP contribution in [0.2, 0.25) is 0 Å². The highest BCUT2D eigenvalue weighted by Crippen LogP contribution is 2.25. The molecular formula is C13H26N2O2S. The standard InChI is InChI=1S/C13H26N2O2S/c1-14-7-2-12-3-8-15(9-4-12)13-5-10-18(16,17)11-6-13/h12-14H,2-11H2,1H3. The van der Waals surface area contributed by atoms with E-state index in [1.54, 1.807) is 0 Å². The van der Waals surface area contributed by atoms with Gasteiger partial charge in [-0.25, -0.2) is 8.42 Å². The van der Waals surface area contributed by atoms with Crippen molar-refractivity contribution in [3.63, 3.8) is 0 Å². The van der Waals surface area contributed by atoms with E-state index in [0.29, 0.717) is 17.5 Å². The third kappa shape index (κ3) is 3.93. The fraction of sp³-hybridized carbons (Fsp3) is 1.00. The van der Waals surface area contributed by atoms with Crippen LogP contribution in [-0.4, -0.2) is 57.5 Å². The minimum absolute atomic E-state index is 0.400. The number of hydrogen-bond acceptors (Lipinski definition) is 4. The molecule has 2 heterocycles. The Balaban J connectivity index is 1.73. The van der Waals surface area contributed by atoms with E-state index >= 15 is 0 Å². The maximum absolute atomic E-state index is 11.4. The zero-order chi connectivity index (χ0) is 13.0. The van der Waals surface area contributed by atoms with Gasteiger partial charge in [-0.05, 0) is 64.7 Å². The summed E-state index contributed by atoms with van der Waals surface area (Å²) in [6.45, 7) is 3.45. The number of piperidine rings is 1.